The van der Waals surface area contributed by atoms with Crippen LogP contribution in [0.1, 0.15) is 0 Å². The smallest absolute Gasteiger partial charge is 0.0355 e. The van der Waals surface area contributed by atoms with Gasteiger partial charge in [0.05, 0.1) is 0 Å². The summed E-state index contributed by atoms with van der Waals surface area (Å²) in [7, 11) is 0. The molecule has 0 atom stereocenters. The van der Waals surface area contributed by atoms with Crippen LogP contribution in [-0.2, 0) is 0 Å². The molecular formula is C6H5BrS. The molecule has 0 fully saturated rings. The molecule has 1 aromatic heterocycles. The predicted octanol–water partition coefficient (Wildman–Crippen LogP) is 1.33. The quantitative estimate of drug-likeness (QED) is 0.577. The topological polar surface area (TPSA) is 0 Å². The summed E-state index contributed by atoms with van der Waals surface area (Å²) in [6.45, 7) is 7.52. The lowest BCUT2D eigenvalue weighted by Crippen LogP contribution is -1.85. The molecule has 42 valence electrons. The number of thiophene rings is 1. The van der Waals surface area contributed by atoms with Crippen LogP contribution in [0.15, 0.2) is 10.5 Å². The highest BCUT2D eigenvalue weighted by molar-refractivity contribution is 9.10. The first-order chi connectivity index (χ1) is 3.70. The standard InChI is InChI=1S/C6H5BrS/c1-4-3-6(7)5(2)8-4/h3H,1-2H2. The van der Waals surface area contributed by atoms with Crippen molar-refractivity contribution in [2.45, 2.75) is 0 Å². The monoisotopic (exact) mass is 188 g/mol. The van der Waals surface area contributed by atoms with Gasteiger partial charge in [-0.2, -0.15) is 0 Å². The number of hydrogen-bond acceptors (Lipinski definition) is 1. The first-order valence-electron chi connectivity index (χ1n) is 2.13. The Morgan fingerprint density at radius 2 is 2.12 bits per heavy atom. The minimum absolute atomic E-state index is 1.05. The van der Waals surface area contributed by atoms with E-state index in [1.165, 1.54) is 0 Å². The van der Waals surface area contributed by atoms with Crippen molar-refractivity contribution in [1.29, 1.82) is 0 Å². The van der Waals surface area contributed by atoms with Crippen LogP contribution < -0.4 is 9.06 Å². The molecule has 0 spiro atoms. The molecular weight excluding hydrogens is 184 g/mol. The first-order valence-corrected chi connectivity index (χ1v) is 3.74. The summed E-state index contributed by atoms with van der Waals surface area (Å²) in [5.41, 5.74) is 0. The molecule has 0 amide bonds. The van der Waals surface area contributed by atoms with Crippen molar-refractivity contribution in [2.24, 2.45) is 0 Å². The van der Waals surface area contributed by atoms with E-state index in [1.54, 1.807) is 11.3 Å². The Labute approximate surface area is 60.3 Å². The van der Waals surface area contributed by atoms with E-state index in [0.717, 1.165) is 13.5 Å². The van der Waals surface area contributed by atoms with Gasteiger partial charge in [0.1, 0.15) is 0 Å². The molecule has 1 aromatic rings. The second-order valence-electron chi connectivity index (χ2n) is 1.48. The van der Waals surface area contributed by atoms with E-state index in [1.807, 2.05) is 6.07 Å². The van der Waals surface area contributed by atoms with Crippen LogP contribution in [0.4, 0.5) is 0 Å². The van der Waals surface area contributed by atoms with Crippen LogP contribution in [0.25, 0.3) is 13.2 Å². The Morgan fingerprint density at radius 3 is 2.25 bits per heavy atom. The van der Waals surface area contributed by atoms with Crippen molar-refractivity contribution in [1.82, 2.24) is 0 Å². The van der Waals surface area contributed by atoms with Crippen LogP contribution in [0.5, 0.6) is 0 Å². The van der Waals surface area contributed by atoms with E-state index in [-0.39, 0.29) is 0 Å². The first kappa shape index (κ1) is 6.05. The molecule has 0 nitrogen and oxygen atoms in total. The molecule has 0 aliphatic rings. The molecule has 0 saturated heterocycles. The summed E-state index contributed by atoms with van der Waals surface area (Å²) in [5.74, 6) is 0. The zero-order chi connectivity index (χ0) is 6.15. The van der Waals surface area contributed by atoms with Crippen LogP contribution >= 0.6 is 27.3 Å². The van der Waals surface area contributed by atoms with Gasteiger partial charge < -0.3 is 0 Å². The van der Waals surface area contributed by atoms with Crippen molar-refractivity contribution in [3.63, 3.8) is 0 Å². The Bertz CT molecular complexity index is 273. The van der Waals surface area contributed by atoms with Crippen molar-refractivity contribution in [3.05, 3.63) is 19.6 Å². The van der Waals surface area contributed by atoms with Gasteiger partial charge in [0.15, 0.2) is 0 Å². The zero-order valence-electron chi connectivity index (χ0n) is 4.28. The average molecular weight is 189 g/mol. The van der Waals surface area contributed by atoms with Gasteiger partial charge in [0, 0.05) is 13.5 Å². The third-order valence-electron chi connectivity index (χ3n) is 0.808. The maximum Gasteiger partial charge on any atom is 0.0355 e. The molecule has 0 N–H and O–H groups in total. The lowest BCUT2D eigenvalue weighted by atomic mass is 10.6. The van der Waals surface area contributed by atoms with E-state index >= 15 is 0 Å². The Balaban J connectivity index is 3.59. The third kappa shape index (κ3) is 1.01. The lowest BCUT2D eigenvalue weighted by molar-refractivity contribution is 1.78. The van der Waals surface area contributed by atoms with Gasteiger partial charge in [-0.05, 0) is 22.0 Å². The number of rotatable bonds is 0. The van der Waals surface area contributed by atoms with Crippen molar-refractivity contribution < 1.29 is 0 Å². The summed E-state index contributed by atoms with van der Waals surface area (Å²) in [4.78, 5) is 0. The van der Waals surface area contributed by atoms with E-state index < -0.39 is 0 Å². The fourth-order valence-corrected chi connectivity index (χ4v) is 1.78. The predicted molar refractivity (Wildman–Crippen MR) is 42.3 cm³/mol. The molecule has 0 unspecified atom stereocenters. The molecule has 0 aromatic carbocycles. The van der Waals surface area contributed by atoms with Crippen molar-refractivity contribution >= 4 is 40.4 Å². The highest BCUT2D eigenvalue weighted by atomic mass is 79.9. The van der Waals surface area contributed by atoms with Gasteiger partial charge in [-0.3, -0.25) is 0 Å². The van der Waals surface area contributed by atoms with Gasteiger partial charge in [-0.1, -0.05) is 13.2 Å². The minimum atomic E-state index is 1.05. The van der Waals surface area contributed by atoms with E-state index in [2.05, 4.69) is 29.1 Å². The minimum Gasteiger partial charge on any atom is -0.137 e. The van der Waals surface area contributed by atoms with Crippen LogP contribution in [0, 0.1) is 0 Å². The summed E-state index contributed by atoms with van der Waals surface area (Å²) in [6.07, 6.45) is 0. The van der Waals surface area contributed by atoms with E-state index in [4.69, 9.17) is 0 Å². The van der Waals surface area contributed by atoms with Crippen molar-refractivity contribution in [2.75, 3.05) is 0 Å². The number of hydrogen-bond donors (Lipinski definition) is 0. The number of halogens is 1. The molecule has 1 heterocycles. The molecule has 0 aliphatic carbocycles. The second-order valence-corrected chi connectivity index (χ2v) is 3.56. The maximum absolute atomic E-state index is 3.77. The van der Waals surface area contributed by atoms with Gasteiger partial charge in [0.2, 0.25) is 0 Å². The fourth-order valence-electron chi connectivity index (χ4n) is 0.458. The van der Waals surface area contributed by atoms with Crippen LogP contribution in [-0.4, -0.2) is 0 Å². The lowest BCUT2D eigenvalue weighted by Gasteiger charge is -1.68. The normalized spacial score (nSPS) is 9.62. The van der Waals surface area contributed by atoms with Gasteiger partial charge >= 0.3 is 0 Å². The van der Waals surface area contributed by atoms with Crippen LogP contribution in [0.3, 0.4) is 0 Å². The molecule has 1 rings (SSSR count). The van der Waals surface area contributed by atoms with Gasteiger partial charge in [-0.15, -0.1) is 11.3 Å². The third-order valence-corrected chi connectivity index (χ3v) is 2.62. The molecule has 2 heteroatoms. The SMILES string of the molecule is C=c1cc(Br)c(=C)s1. The zero-order valence-corrected chi connectivity index (χ0v) is 6.68. The van der Waals surface area contributed by atoms with Gasteiger partial charge in [0.25, 0.3) is 0 Å². The van der Waals surface area contributed by atoms with Crippen molar-refractivity contribution in [3.8, 4) is 0 Å². The summed E-state index contributed by atoms with van der Waals surface area (Å²) in [6, 6.07) is 1.97. The highest BCUT2D eigenvalue weighted by Crippen LogP contribution is 1.98. The Kier molecular flexibility index (Phi) is 1.54. The summed E-state index contributed by atoms with van der Waals surface area (Å²) in [5, 5.41) is 0. The molecule has 0 radical (unpaired) electrons. The van der Waals surface area contributed by atoms with E-state index in [9.17, 15) is 0 Å². The second kappa shape index (κ2) is 2.03. The summed E-state index contributed by atoms with van der Waals surface area (Å²) >= 11 is 4.92. The Hall–Kier alpha value is -0.0800. The Morgan fingerprint density at radius 1 is 1.50 bits per heavy atom. The molecule has 0 bridgehead atoms. The van der Waals surface area contributed by atoms with Crippen LogP contribution in [0.2, 0.25) is 0 Å². The largest absolute Gasteiger partial charge is 0.137 e. The molecule has 0 aliphatic heterocycles. The van der Waals surface area contributed by atoms with Gasteiger partial charge in [-0.25, -0.2) is 0 Å². The summed E-state index contributed by atoms with van der Waals surface area (Å²) < 4.78 is 3.17. The fraction of sp³-hybridized carbons (Fsp3) is 0. The molecule has 0 saturated carbocycles. The molecule has 8 heavy (non-hydrogen) atoms. The van der Waals surface area contributed by atoms with E-state index in [0.29, 0.717) is 0 Å². The average Bonchev–Trinajstić information content (AvgIpc) is 1.85. The highest BCUT2D eigenvalue weighted by Gasteiger charge is 1.86. The maximum atomic E-state index is 3.77.